The predicted molar refractivity (Wildman–Crippen MR) is 122 cm³/mol. The Bertz CT molecular complexity index is 1040. The van der Waals surface area contributed by atoms with Crippen molar-refractivity contribution in [1.29, 1.82) is 0 Å². The van der Waals surface area contributed by atoms with Gasteiger partial charge in [0.05, 0.1) is 10.8 Å². The molecule has 10 heteroatoms. The summed E-state index contributed by atoms with van der Waals surface area (Å²) in [5.74, 6) is -1.64. The number of allylic oxidation sites excluding steroid dienone is 3. The summed E-state index contributed by atoms with van der Waals surface area (Å²) in [6, 6.07) is 4.16. The van der Waals surface area contributed by atoms with E-state index in [1.807, 2.05) is 13.0 Å². The highest BCUT2D eigenvalue weighted by Crippen LogP contribution is 2.45. The van der Waals surface area contributed by atoms with Crippen molar-refractivity contribution in [3.8, 4) is 5.75 Å². The van der Waals surface area contributed by atoms with Crippen LogP contribution in [0.2, 0.25) is 0 Å². The topological polar surface area (TPSA) is 84.9 Å². The molecule has 2 N–H and O–H groups in total. The summed E-state index contributed by atoms with van der Waals surface area (Å²) in [4.78, 5) is 25.9. The predicted octanol–water partition coefficient (Wildman–Crippen LogP) is 5.18. The summed E-state index contributed by atoms with van der Waals surface area (Å²) in [5.41, 5.74) is 0.0906. The molecule has 0 spiro atoms. The number of alkyl halides is 3. The van der Waals surface area contributed by atoms with E-state index < -0.39 is 29.7 Å². The quantitative estimate of drug-likeness (QED) is 0.540. The lowest BCUT2D eigenvalue weighted by atomic mass is 9.86. The van der Waals surface area contributed by atoms with Crippen molar-refractivity contribution >= 4 is 23.6 Å². The smallest absolute Gasteiger partial charge is 0.491 e. The van der Waals surface area contributed by atoms with Gasteiger partial charge in [0.25, 0.3) is 5.91 Å². The van der Waals surface area contributed by atoms with Crippen LogP contribution in [0, 0.1) is 11.3 Å². The fourth-order valence-electron chi connectivity index (χ4n) is 3.66. The number of rotatable bonds is 7. The first-order chi connectivity index (χ1) is 15.7. The second kappa shape index (κ2) is 9.77. The molecule has 1 aromatic rings. The number of hydrogen-bond acceptors (Lipinski definition) is 5. The number of nitrogens with one attached hydrogen (secondary N) is 1. The van der Waals surface area contributed by atoms with Gasteiger partial charge < -0.3 is 19.9 Å². The average Bonchev–Trinajstić information content (AvgIpc) is 3.09. The van der Waals surface area contributed by atoms with Gasteiger partial charge in [-0.05, 0) is 41.0 Å². The zero-order valence-corrected chi connectivity index (χ0v) is 19.9. The Hall–Kier alpha value is -2.88. The van der Waals surface area contributed by atoms with Crippen LogP contribution in [0.4, 0.5) is 13.2 Å². The third-order valence-electron chi connectivity index (χ3n) is 5.28. The van der Waals surface area contributed by atoms with Gasteiger partial charge in [-0.25, -0.2) is 4.79 Å². The molecule has 0 fully saturated rings. The summed E-state index contributed by atoms with van der Waals surface area (Å²) in [6.07, 6.45) is 0.789. The van der Waals surface area contributed by atoms with Gasteiger partial charge in [0, 0.05) is 5.92 Å². The van der Waals surface area contributed by atoms with E-state index in [0.717, 1.165) is 4.91 Å². The van der Waals surface area contributed by atoms with E-state index in [1.54, 1.807) is 26.8 Å². The molecule has 184 valence electrons. The third kappa shape index (κ3) is 6.37. The zero-order valence-electron chi connectivity index (χ0n) is 19.1. The largest absolute Gasteiger partial charge is 0.573 e. The molecule has 3 unspecified atom stereocenters. The van der Waals surface area contributed by atoms with E-state index in [4.69, 9.17) is 4.74 Å². The summed E-state index contributed by atoms with van der Waals surface area (Å²) < 4.78 is 47.1. The van der Waals surface area contributed by atoms with Crippen molar-refractivity contribution in [1.82, 2.24) is 5.32 Å². The molecule has 3 atom stereocenters. The van der Waals surface area contributed by atoms with Gasteiger partial charge in [-0.2, -0.15) is 0 Å². The maximum Gasteiger partial charge on any atom is 0.573 e. The van der Waals surface area contributed by atoms with Crippen LogP contribution in [-0.4, -0.2) is 34.6 Å². The number of ether oxygens (including phenoxy) is 2. The minimum atomic E-state index is -4.78. The Balaban J connectivity index is 1.83. The van der Waals surface area contributed by atoms with Gasteiger partial charge in [0.15, 0.2) is 0 Å². The molecule has 3 rings (SSSR count). The number of amides is 1. The van der Waals surface area contributed by atoms with Crippen molar-refractivity contribution in [2.24, 2.45) is 11.3 Å². The number of benzene rings is 1. The van der Waals surface area contributed by atoms with Crippen molar-refractivity contribution in [3.63, 3.8) is 0 Å². The standard InChI is InChI=1S/C24H26F3NO5S/c1-13-11-15-7-10-17(21(29)28-20(22(30)31)23(2,3)4)18(19(15)34-13)32-12-14-5-8-16(9-6-14)33-24(25,26)27/h5-11,15,19-20H,12H2,1-4H3,(H,28,29)(H,30,31). The number of aliphatic carboxylic acids is 1. The van der Waals surface area contributed by atoms with Gasteiger partial charge in [0.1, 0.15) is 24.2 Å². The Morgan fingerprint density at radius 1 is 1.18 bits per heavy atom. The number of carbonyl (C=O) groups is 2. The molecule has 34 heavy (non-hydrogen) atoms. The van der Waals surface area contributed by atoms with Crippen LogP contribution >= 0.6 is 11.8 Å². The van der Waals surface area contributed by atoms with Gasteiger partial charge >= 0.3 is 12.3 Å². The van der Waals surface area contributed by atoms with Crippen molar-refractivity contribution in [3.05, 3.63) is 64.3 Å². The van der Waals surface area contributed by atoms with Gasteiger partial charge in [-0.3, -0.25) is 4.79 Å². The molecule has 0 aromatic heterocycles. The Morgan fingerprint density at radius 3 is 2.38 bits per heavy atom. The first kappa shape index (κ1) is 25.7. The SMILES string of the molecule is CC1=CC2C=CC(C(=O)NC(C(=O)O)C(C)(C)C)=C(OCc3ccc(OC(F)(F)F)cc3)C2S1. The molecule has 0 bridgehead atoms. The number of thioether (sulfide) groups is 1. The molecule has 1 heterocycles. The minimum Gasteiger partial charge on any atom is -0.491 e. The zero-order chi connectivity index (χ0) is 25.3. The van der Waals surface area contributed by atoms with E-state index >= 15 is 0 Å². The van der Waals surface area contributed by atoms with Crippen molar-refractivity contribution < 1.29 is 37.3 Å². The fraction of sp³-hybridized carbons (Fsp3) is 0.417. The molecule has 2 aliphatic rings. The molecule has 0 radical (unpaired) electrons. The molecule has 1 amide bonds. The highest BCUT2D eigenvalue weighted by molar-refractivity contribution is 8.04. The first-order valence-corrected chi connectivity index (χ1v) is 11.4. The van der Waals surface area contributed by atoms with Crippen LogP contribution in [-0.2, 0) is 20.9 Å². The highest BCUT2D eigenvalue weighted by atomic mass is 32.2. The summed E-state index contributed by atoms with van der Waals surface area (Å²) in [5, 5.41) is 12.0. The Morgan fingerprint density at radius 2 is 1.82 bits per heavy atom. The van der Waals surface area contributed by atoms with Crippen LogP contribution in [0.1, 0.15) is 33.3 Å². The minimum absolute atomic E-state index is 0.0106. The summed E-state index contributed by atoms with van der Waals surface area (Å²) >= 11 is 1.54. The lowest BCUT2D eigenvalue weighted by Crippen LogP contribution is -2.49. The molecule has 1 aliphatic carbocycles. The maximum absolute atomic E-state index is 13.1. The number of carboxylic acids is 1. The molecule has 0 saturated heterocycles. The van der Waals surface area contributed by atoms with Gasteiger partial charge in [-0.15, -0.1) is 24.9 Å². The Kier molecular flexibility index (Phi) is 7.40. The van der Waals surface area contributed by atoms with Gasteiger partial charge in [0.2, 0.25) is 0 Å². The normalized spacial score (nSPS) is 21.0. The van der Waals surface area contributed by atoms with Crippen molar-refractivity contribution in [2.45, 2.75) is 52.0 Å². The second-order valence-electron chi connectivity index (χ2n) is 9.12. The van der Waals surface area contributed by atoms with Crippen LogP contribution in [0.25, 0.3) is 0 Å². The van der Waals surface area contributed by atoms with E-state index in [-0.39, 0.29) is 29.1 Å². The van der Waals surface area contributed by atoms with Crippen molar-refractivity contribution in [2.75, 3.05) is 0 Å². The van der Waals surface area contributed by atoms with Crippen LogP contribution in [0.5, 0.6) is 5.75 Å². The molecule has 0 saturated carbocycles. The number of halogens is 3. The van der Waals surface area contributed by atoms with Crippen LogP contribution in [0.3, 0.4) is 0 Å². The van der Waals surface area contributed by atoms with Crippen LogP contribution in [0.15, 0.2) is 58.7 Å². The Labute approximate surface area is 199 Å². The number of hydrogen-bond donors (Lipinski definition) is 2. The van der Waals surface area contributed by atoms with E-state index in [1.165, 1.54) is 36.0 Å². The lowest BCUT2D eigenvalue weighted by molar-refractivity contribution is -0.274. The van der Waals surface area contributed by atoms with E-state index in [9.17, 15) is 27.9 Å². The third-order valence-corrected chi connectivity index (χ3v) is 6.57. The molecular weight excluding hydrogens is 471 g/mol. The lowest BCUT2D eigenvalue weighted by Gasteiger charge is -2.30. The number of carboxylic acid groups (broad SMARTS) is 1. The van der Waals surface area contributed by atoms with Gasteiger partial charge in [-0.1, -0.05) is 45.1 Å². The molecule has 1 aromatic carbocycles. The van der Waals surface area contributed by atoms with Crippen LogP contribution < -0.4 is 10.1 Å². The second-order valence-corrected chi connectivity index (χ2v) is 10.5. The van der Waals surface area contributed by atoms with E-state index in [0.29, 0.717) is 11.3 Å². The highest BCUT2D eigenvalue weighted by Gasteiger charge is 2.38. The fourth-order valence-corrected chi connectivity index (χ4v) is 4.92. The summed E-state index contributed by atoms with van der Waals surface area (Å²) in [6.45, 7) is 7.12. The summed E-state index contributed by atoms with van der Waals surface area (Å²) in [7, 11) is 0. The molecular formula is C24H26F3NO5S. The molecule has 6 nitrogen and oxygen atoms in total. The molecule has 1 aliphatic heterocycles. The number of fused-ring (bicyclic) bond motifs is 1. The maximum atomic E-state index is 13.1. The average molecular weight is 498 g/mol. The first-order valence-electron chi connectivity index (χ1n) is 10.5. The number of carbonyl (C=O) groups excluding carboxylic acids is 1. The monoisotopic (exact) mass is 497 g/mol. The van der Waals surface area contributed by atoms with E-state index in [2.05, 4.69) is 16.1 Å².